The third-order valence-electron chi connectivity index (χ3n) is 4.38. The highest BCUT2D eigenvalue weighted by molar-refractivity contribution is 5.95. The maximum Gasteiger partial charge on any atom is 0.416 e. The first-order valence-electron chi connectivity index (χ1n) is 8.68. The summed E-state index contributed by atoms with van der Waals surface area (Å²) in [6, 6.07) is 8.91. The predicted octanol–water partition coefficient (Wildman–Crippen LogP) is 3.61. The maximum atomic E-state index is 13.1. The zero-order chi connectivity index (χ0) is 21.0. The van der Waals surface area contributed by atoms with E-state index < -0.39 is 23.7 Å². The fourth-order valence-electron chi connectivity index (χ4n) is 2.95. The molecular formula is C20H19F3N4O2. The Labute approximate surface area is 164 Å². The number of aromatic amines is 1. The van der Waals surface area contributed by atoms with Crippen LogP contribution in [0.15, 0.2) is 54.9 Å². The quantitative estimate of drug-likeness (QED) is 0.585. The Balaban J connectivity index is 1.74. The molecule has 0 aliphatic carbocycles. The Morgan fingerprint density at radius 3 is 2.69 bits per heavy atom. The van der Waals surface area contributed by atoms with Gasteiger partial charge in [0.1, 0.15) is 5.75 Å². The molecule has 29 heavy (non-hydrogen) atoms. The number of amides is 1. The molecule has 0 radical (unpaired) electrons. The van der Waals surface area contributed by atoms with Gasteiger partial charge in [-0.3, -0.25) is 9.89 Å². The lowest BCUT2D eigenvalue weighted by molar-refractivity contribution is -0.138. The van der Waals surface area contributed by atoms with Crippen LogP contribution in [0.25, 0.3) is 11.1 Å². The van der Waals surface area contributed by atoms with Crippen LogP contribution in [0.3, 0.4) is 0 Å². The van der Waals surface area contributed by atoms with Gasteiger partial charge in [0.2, 0.25) is 5.91 Å². The van der Waals surface area contributed by atoms with Crippen molar-refractivity contribution in [2.75, 3.05) is 12.4 Å². The number of methoxy groups -OCH3 is 1. The van der Waals surface area contributed by atoms with Gasteiger partial charge in [-0.05, 0) is 30.2 Å². The summed E-state index contributed by atoms with van der Waals surface area (Å²) in [6.45, 7) is 0. The highest BCUT2D eigenvalue weighted by Gasteiger charge is 2.33. The standard InChI is InChI=1S/C20H19F3N4O2/c1-29-18-9-14(6-7-15(18)13-10-25-26-11-13)27-19(28)17(24)8-12-4-2-3-5-16(12)20(21,22)23/h2-7,9-11,17H,8,24H2,1H3,(H,25,26)(H,27,28). The van der Waals surface area contributed by atoms with Gasteiger partial charge in [-0.2, -0.15) is 18.3 Å². The number of nitrogens with zero attached hydrogens (tertiary/aromatic N) is 1. The number of halogens is 3. The van der Waals surface area contributed by atoms with Crippen LogP contribution in [-0.4, -0.2) is 29.3 Å². The molecule has 0 saturated carbocycles. The molecule has 2 aromatic carbocycles. The Kier molecular flexibility index (Phi) is 5.88. The Bertz CT molecular complexity index is 988. The SMILES string of the molecule is COc1cc(NC(=O)C(N)Cc2ccccc2C(F)(F)F)ccc1-c1cn[nH]c1. The first-order valence-corrected chi connectivity index (χ1v) is 8.68. The minimum absolute atomic E-state index is 0.0319. The number of rotatable bonds is 6. The minimum atomic E-state index is -4.51. The first-order chi connectivity index (χ1) is 13.8. The van der Waals surface area contributed by atoms with E-state index >= 15 is 0 Å². The number of aromatic nitrogens is 2. The van der Waals surface area contributed by atoms with Crippen LogP contribution >= 0.6 is 0 Å². The molecule has 1 aromatic heterocycles. The van der Waals surface area contributed by atoms with Crippen molar-refractivity contribution >= 4 is 11.6 Å². The second-order valence-electron chi connectivity index (χ2n) is 6.36. The topological polar surface area (TPSA) is 93.0 Å². The van der Waals surface area contributed by atoms with Crippen molar-refractivity contribution in [2.45, 2.75) is 18.6 Å². The van der Waals surface area contributed by atoms with E-state index in [0.29, 0.717) is 11.4 Å². The molecule has 3 aromatic rings. The number of anilines is 1. The lowest BCUT2D eigenvalue weighted by Gasteiger charge is -2.17. The smallest absolute Gasteiger partial charge is 0.416 e. The summed E-state index contributed by atoms with van der Waals surface area (Å²) in [5, 5.41) is 9.21. The second kappa shape index (κ2) is 8.36. The average molecular weight is 404 g/mol. The van der Waals surface area contributed by atoms with Gasteiger partial charge < -0.3 is 15.8 Å². The van der Waals surface area contributed by atoms with E-state index in [2.05, 4.69) is 15.5 Å². The van der Waals surface area contributed by atoms with E-state index in [4.69, 9.17) is 10.5 Å². The molecule has 1 atom stereocenters. The van der Waals surface area contributed by atoms with Crippen LogP contribution in [0, 0.1) is 0 Å². The molecular weight excluding hydrogens is 385 g/mol. The van der Waals surface area contributed by atoms with Crippen LogP contribution in [-0.2, 0) is 17.4 Å². The van der Waals surface area contributed by atoms with Gasteiger partial charge in [0.15, 0.2) is 0 Å². The molecule has 0 aliphatic rings. The molecule has 0 spiro atoms. The fourth-order valence-corrected chi connectivity index (χ4v) is 2.95. The van der Waals surface area contributed by atoms with Crippen molar-refractivity contribution < 1.29 is 22.7 Å². The molecule has 9 heteroatoms. The summed E-state index contributed by atoms with van der Waals surface area (Å²) in [5.41, 5.74) is 7.02. The highest BCUT2D eigenvalue weighted by atomic mass is 19.4. The zero-order valence-electron chi connectivity index (χ0n) is 15.5. The van der Waals surface area contributed by atoms with Crippen LogP contribution in [0.5, 0.6) is 5.75 Å². The summed E-state index contributed by atoms with van der Waals surface area (Å²) in [7, 11) is 1.49. The number of carbonyl (C=O) groups excluding carboxylic acids is 1. The van der Waals surface area contributed by atoms with Crippen molar-refractivity contribution in [3.63, 3.8) is 0 Å². The van der Waals surface area contributed by atoms with Gasteiger partial charge in [-0.1, -0.05) is 18.2 Å². The molecule has 4 N–H and O–H groups in total. The van der Waals surface area contributed by atoms with Gasteiger partial charge in [0.25, 0.3) is 0 Å². The Hall–Kier alpha value is -3.33. The minimum Gasteiger partial charge on any atom is -0.496 e. The number of hydrogen-bond acceptors (Lipinski definition) is 4. The molecule has 3 rings (SSSR count). The number of H-pyrrole nitrogens is 1. The van der Waals surface area contributed by atoms with Gasteiger partial charge in [0, 0.05) is 29.1 Å². The normalized spacial score (nSPS) is 12.4. The third kappa shape index (κ3) is 4.75. The van der Waals surface area contributed by atoms with E-state index in [0.717, 1.165) is 17.2 Å². The van der Waals surface area contributed by atoms with Crippen LogP contribution in [0.1, 0.15) is 11.1 Å². The largest absolute Gasteiger partial charge is 0.496 e. The molecule has 6 nitrogen and oxygen atoms in total. The number of benzene rings is 2. The monoisotopic (exact) mass is 404 g/mol. The average Bonchev–Trinajstić information content (AvgIpc) is 3.22. The number of hydrogen-bond donors (Lipinski definition) is 3. The summed E-state index contributed by atoms with van der Waals surface area (Å²) >= 11 is 0. The molecule has 0 saturated heterocycles. The molecule has 1 heterocycles. The molecule has 0 aliphatic heterocycles. The van der Waals surface area contributed by atoms with Crippen molar-refractivity contribution in [2.24, 2.45) is 5.73 Å². The van der Waals surface area contributed by atoms with Crippen molar-refractivity contribution in [3.8, 4) is 16.9 Å². The van der Waals surface area contributed by atoms with E-state index in [1.807, 2.05) is 0 Å². The summed E-state index contributed by atoms with van der Waals surface area (Å²) in [6.07, 6.45) is -1.43. The van der Waals surface area contributed by atoms with Crippen LogP contribution in [0.4, 0.5) is 18.9 Å². The second-order valence-corrected chi connectivity index (χ2v) is 6.36. The number of ether oxygens (including phenoxy) is 1. The molecule has 1 unspecified atom stereocenters. The van der Waals surface area contributed by atoms with Crippen molar-refractivity contribution in [1.82, 2.24) is 10.2 Å². The molecule has 152 valence electrons. The maximum absolute atomic E-state index is 13.1. The third-order valence-corrected chi connectivity index (χ3v) is 4.38. The molecule has 0 bridgehead atoms. The predicted molar refractivity (Wildman–Crippen MR) is 102 cm³/mol. The molecule has 1 amide bonds. The van der Waals surface area contributed by atoms with Crippen LogP contribution < -0.4 is 15.8 Å². The number of alkyl halides is 3. The van der Waals surface area contributed by atoms with Crippen LogP contribution in [0.2, 0.25) is 0 Å². The fraction of sp³-hybridized carbons (Fsp3) is 0.200. The van der Waals surface area contributed by atoms with Crippen molar-refractivity contribution in [3.05, 3.63) is 66.0 Å². The molecule has 0 fully saturated rings. The zero-order valence-corrected chi connectivity index (χ0v) is 15.5. The highest BCUT2D eigenvalue weighted by Crippen LogP contribution is 2.33. The van der Waals surface area contributed by atoms with Gasteiger partial charge >= 0.3 is 6.18 Å². The van der Waals surface area contributed by atoms with E-state index in [-0.39, 0.29) is 12.0 Å². The summed E-state index contributed by atoms with van der Waals surface area (Å²) in [5.74, 6) is -0.0970. The van der Waals surface area contributed by atoms with Gasteiger partial charge in [-0.15, -0.1) is 0 Å². The van der Waals surface area contributed by atoms with Crippen molar-refractivity contribution in [1.29, 1.82) is 0 Å². The Morgan fingerprint density at radius 2 is 2.03 bits per heavy atom. The lowest BCUT2D eigenvalue weighted by atomic mass is 9.99. The van der Waals surface area contributed by atoms with E-state index in [9.17, 15) is 18.0 Å². The van der Waals surface area contributed by atoms with E-state index in [1.54, 1.807) is 30.6 Å². The summed E-state index contributed by atoms with van der Waals surface area (Å²) in [4.78, 5) is 12.4. The summed E-state index contributed by atoms with van der Waals surface area (Å²) < 4.78 is 44.7. The number of nitrogens with one attached hydrogen (secondary N) is 2. The Morgan fingerprint density at radius 1 is 1.28 bits per heavy atom. The lowest BCUT2D eigenvalue weighted by Crippen LogP contribution is -2.38. The van der Waals surface area contributed by atoms with Gasteiger partial charge in [-0.25, -0.2) is 0 Å². The number of carbonyl (C=O) groups is 1. The number of nitrogens with two attached hydrogens (primary N) is 1. The first kappa shape index (κ1) is 20.4. The van der Waals surface area contributed by atoms with E-state index in [1.165, 1.54) is 25.3 Å². The van der Waals surface area contributed by atoms with Gasteiger partial charge in [0.05, 0.1) is 24.9 Å².